The minimum Gasteiger partial charge on any atom is -0.449 e. The second kappa shape index (κ2) is 2.35. The van der Waals surface area contributed by atoms with E-state index in [-0.39, 0.29) is 0 Å². The van der Waals surface area contributed by atoms with Crippen LogP contribution < -0.4 is 0 Å². The standard InChI is InChI=1S/C5H4F4O2/c6-2-1-3(10)11-4(2)5(7,8)9/h2,4H,1H2. The van der Waals surface area contributed by atoms with E-state index >= 15 is 0 Å². The van der Waals surface area contributed by atoms with Crippen molar-refractivity contribution in [1.29, 1.82) is 0 Å². The molecular weight excluding hydrogens is 168 g/mol. The van der Waals surface area contributed by atoms with E-state index in [1.807, 2.05) is 0 Å². The molecule has 0 spiro atoms. The maximum Gasteiger partial charge on any atom is 0.428 e. The quantitative estimate of drug-likeness (QED) is 0.405. The monoisotopic (exact) mass is 172 g/mol. The van der Waals surface area contributed by atoms with Crippen LogP contribution in [0.15, 0.2) is 0 Å². The highest BCUT2D eigenvalue weighted by atomic mass is 19.4. The second-order valence-corrected chi connectivity index (χ2v) is 2.17. The van der Waals surface area contributed by atoms with Crippen molar-refractivity contribution in [2.45, 2.75) is 24.9 Å². The molecule has 2 atom stereocenters. The van der Waals surface area contributed by atoms with Crippen molar-refractivity contribution in [3.63, 3.8) is 0 Å². The Morgan fingerprint density at radius 2 is 2.00 bits per heavy atom. The number of esters is 1. The average Bonchev–Trinajstić information content (AvgIpc) is 2.08. The first-order valence-corrected chi connectivity index (χ1v) is 2.81. The molecule has 1 aliphatic rings. The zero-order valence-electron chi connectivity index (χ0n) is 5.19. The molecule has 1 aliphatic heterocycles. The lowest BCUT2D eigenvalue weighted by molar-refractivity contribution is -0.218. The number of carbonyl (C=O) groups is 1. The van der Waals surface area contributed by atoms with E-state index in [9.17, 15) is 22.4 Å². The lowest BCUT2D eigenvalue weighted by Gasteiger charge is -2.14. The molecule has 0 amide bonds. The highest BCUT2D eigenvalue weighted by Crippen LogP contribution is 2.32. The summed E-state index contributed by atoms with van der Waals surface area (Å²) in [6.07, 6.45) is -10.4. The summed E-state index contributed by atoms with van der Waals surface area (Å²) in [5.74, 6) is -1.14. The average molecular weight is 172 g/mol. The zero-order valence-corrected chi connectivity index (χ0v) is 5.19. The highest BCUT2D eigenvalue weighted by molar-refractivity contribution is 5.72. The van der Waals surface area contributed by atoms with Gasteiger partial charge in [0.15, 0.2) is 6.17 Å². The van der Waals surface area contributed by atoms with Crippen LogP contribution in [0.3, 0.4) is 0 Å². The fourth-order valence-electron chi connectivity index (χ4n) is 0.802. The predicted molar refractivity (Wildman–Crippen MR) is 25.4 cm³/mol. The first kappa shape index (κ1) is 8.29. The van der Waals surface area contributed by atoms with Gasteiger partial charge >= 0.3 is 12.1 Å². The summed E-state index contributed by atoms with van der Waals surface area (Å²) in [6.45, 7) is 0. The Morgan fingerprint density at radius 1 is 1.45 bits per heavy atom. The number of cyclic esters (lactones) is 1. The van der Waals surface area contributed by atoms with E-state index in [2.05, 4.69) is 4.74 Å². The molecule has 0 radical (unpaired) electrons. The van der Waals surface area contributed by atoms with Crippen molar-refractivity contribution >= 4 is 5.97 Å². The lowest BCUT2D eigenvalue weighted by atomic mass is 10.2. The molecule has 1 saturated heterocycles. The summed E-state index contributed by atoms with van der Waals surface area (Å²) in [4.78, 5) is 10.1. The predicted octanol–water partition coefficient (Wildman–Crippen LogP) is 1.20. The fourth-order valence-corrected chi connectivity index (χ4v) is 0.802. The summed E-state index contributed by atoms with van der Waals surface area (Å²) in [5.41, 5.74) is 0. The third-order valence-electron chi connectivity index (χ3n) is 1.27. The van der Waals surface area contributed by atoms with Crippen molar-refractivity contribution in [1.82, 2.24) is 0 Å². The van der Waals surface area contributed by atoms with Gasteiger partial charge in [-0.05, 0) is 0 Å². The van der Waals surface area contributed by atoms with Gasteiger partial charge in [-0.2, -0.15) is 13.2 Å². The van der Waals surface area contributed by atoms with Crippen molar-refractivity contribution in [2.24, 2.45) is 0 Å². The molecule has 0 aromatic carbocycles. The molecule has 0 aromatic rings. The molecule has 2 nitrogen and oxygen atoms in total. The molecule has 0 aromatic heterocycles. The number of carbonyl (C=O) groups excluding carboxylic acids is 1. The molecule has 0 saturated carbocycles. The van der Waals surface area contributed by atoms with Crippen LogP contribution in [-0.2, 0) is 9.53 Å². The van der Waals surface area contributed by atoms with Crippen LogP contribution >= 0.6 is 0 Å². The van der Waals surface area contributed by atoms with Gasteiger partial charge in [0.2, 0.25) is 6.10 Å². The molecule has 1 rings (SSSR count). The Bertz CT molecular complexity index is 176. The number of rotatable bonds is 0. The molecule has 64 valence electrons. The Morgan fingerprint density at radius 3 is 2.18 bits per heavy atom. The third-order valence-corrected chi connectivity index (χ3v) is 1.27. The first-order chi connectivity index (χ1) is 4.91. The molecule has 0 bridgehead atoms. The van der Waals surface area contributed by atoms with Gasteiger partial charge in [0.05, 0.1) is 6.42 Å². The molecule has 0 aliphatic carbocycles. The maximum atomic E-state index is 12.3. The van der Waals surface area contributed by atoms with Gasteiger partial charge < -0.3 is 4.74 Å². The van der Waals surface area contributed by atoms with Gasteiger partial charge in [0.1, 0.15) is 0 Å². The zero-order chi connectivity index (χ0) is 8.65. The molecule has 1 heterocycles. The molecule has 0 N–H and O–H groups in total. The molecule has 6 heteroatoms. The minimum absolute atomic E-state index is 0.801. The number of alkyl halides is 4. The van der Waals surface area contributed by atoms with Crippen molar-refractivity contribution < 1.29 is 27.1 Å². The van der Waals surface area contributed by atoms with Gasteiger partial charge in [-0.25, -0.2) is 4.39 Å². The van der Waals surface area contributed by atoms with E-state index in [4.69, 9.17) is 0 Å². The summed E-state index contributed by atoms with van der Waals surface area (Å²) in [7, 11) is 0. The molecular formula is C5H4F4O2. The smallest absolute Gasteiger partial charge is 0.428 e. The lowest BCUT2D eigenvalue weighted by Crippen LogP contribution is -2.34. The van der Waals surface area contributed by atoms with Crippen LogP contribution in [0.4, 0.5) is 17.6 Å². The third kappa shape index (κ3) is 1.61. The van der Waals surface area contributed by atoms with Crippen molar-refractivity contribution in [2.75, 3.05) is 0 Å². The van der Waals surface area contributed by atoms with E-state index in [0.29, 0.717) is 0 Å². The van der Waals surface area contributed by atoms with Gasteiger partial charge in [-0.3, -0.25) is 4.79 Å². The Hall–Kier alpha value is -0.810. The van der Waals surface area contributed by atoms with Crippen LogP contribution in [0.2, 0.25) is 0 Å². The van der Waals surface area contributed by atoms with Crippen molar-refractivity contribution in [3.8, 4) is 0 Å². The molecule has 1 fully saturated rings. The Labute approximate surface area is 59.1 Å². The highest BCUT2D eigenvalue weighted by Gasteiger charge is 2.52. The van der Waals surface area contributed by atoms with Crippen LogP contribution in [0, 0.1) is 0 Å². The van der Waals surface area contributed by atoms with E-state index in [1.54, 1.807) is 0 Å². The van der Waals surface area contributed by atoms with Gasteiger partial charge in [-0.1, -0.05) is 0 Å². The summed E-state index contributed by atoms with van der Waals surface area (Å²) >= 11 is 0. The summed E-state index contributed by atoms with van der Waals surface area (Å²) < 4.78 is 51.0. The summed E-state index contributed by atoms with van der Waals surface area (Å²) in [5, 5.41) is 0. The van der Waals surface area contributed by atoms with Gasteiger partial charge in [0.25, 0.3) is 0 Å². The normalized spacial score (nSPS) is 32.2. The van der Waals surface area contributed by atoms with Crippen LogP contribution in [0.25, 0.3) is 0 Å². The van der Waals surface area contributed by atoms with E-state index in [1.165, 1.54) is 0 Å². The fraction of sp³-hybridized carbons (Fsp3) is 0.800. The van der Waals surface area contributed by atoms with E-state index in [0.717, 1.165) is 0 Å². The Kier molecular flexibility index (Phi) is 1.77. The largest absolute Gasteiger partial charge is 0.449 e. The number of ether oxygens (including phenoxy) is 1. The van der Waals surface area contributed by atoms with Crippen LogP contribution in [-0.4, -0.2) is 24.4 Å². The van der Waals surface area contributed by atoms with Crippen molar-refractivity contribution in [3.05, 3.63) is 0 Å². The topological polar surface area (TPSA) is 26.3 Å². The second-order valence-electron chi connectivity index (χ2n) is 2.17. The molecule has 11 heavy (non-hydrogen) atoms. The van der Waals surface area contributed by atoms with Crippen LogP contribution in [0.1, 0.15) is 6.42 Å². The van der Waals surface area contributed by atoms with Gasteiger partial charge in [-0.15, -0.1) is 0 Å². The number of hydrogen-bond donors (Lipinski definition) is 0. The van der Waals surface area contributed by atoms with Gasteiger partial charge in [0, 0.05) is 0 Å². The number of halogens is 4. The Balaban J connectivity index is 2.67. The molecule has 2 unspecified atom stereocenters. The van der Waals surface area contributed by atoms with Crippen LogP contribution in [0.5, 0.6) is 0 Å². The summed E-state index contributed by atoms with van der Waals surface area (Å²) in [6, 6.07) is 0. The maximum absolute atomic E-state index is 12.3. The number of hydrogen-bond acceptors (Lipinski definition) is 2. The SMILES string of the molecule is O=C1CC(F)C(C(F)(F)F)O1. The minimum atomic E-state index is -4.79. The van der Waals surface area contributed by atoms with E-state index < -0.39 is 30.8 Å². The first-order valence-electron chi connectivity index (χ1n) is 2.81.